The molecular weight excluding hydrogens is 245 g/mol. The summed E-state index contributed by atoms with van der Waals surface area (Å²) < 4.78 is 19.0. The van der Waals surface area contributed by atoms with E-state index in [9.17, 15) is 4.39 Å². The zero-order valence-corrected chi connectivity index (χ0v) is 10.3. The number of nitrogens with zero attached hydrogens (tertiary/aromatic N) is 2. The first kappa shape index (κ1) is 13.0. The van der Waals surface area contributed by atoms with Crippen LogP contribution in [0.3, 0.4) is 0 Å². The highest BCUT2D eigenvalue weighted by Gasteiger charge is 2.14. The summed E-state index contributed by atoms with van der Waals surface area (Å²) in [5.41, 5.74) is 6.35. The van der Waals surface area contributed by atoms with E-state index in [4.69, 9.17) is 15.7 Å². The van der Waals surface area contributed by atoms with Crippen molar-refractivity contribution >= 4 is 0 Å². The molecule has 2 rings (SSSR count). The fourth-order valence-corrected chi connectivity index (χ4v) is 1.64. The lowest BCUT2D eigenvalue weighted by molar-refractivity contribution is 0.446. The average molecular weight is 257 g/mol. The molecule has 1 aromatic carbocycles. The smallest absolute Gasteiger partial charge is 0.224 e. The number of halogens is 1. The maximum atomic E-state index is 13.5. The van der Waals surface area contributed by atoms with Crippen LogP contribution >= 0.6 is 0 Å². The number of nitrogens with two attached hydrogens (primary N) is 1. The van der Waals surface area contributed by atoms with E-state index < -0.39 is 5.82 Å². The number of ether oxygens (including phenoxy) is 1. The van der Waals surface area contributed by atoms with E-state index in [0.29, 0.717) is 5.56 Å². The molecule has 0 spiro atoms. The zero-order valence-electron chi connectivity index (χ0n) is 10.3. The Morgan fingerprint density at radius 1 is 1.37 bits per heavy atom. The molecule has 4 nitrogen and oxygen atoms in total. The Kier molecular flexibility index (Phi) is 3.74. The number of benzene rings is 1. The Morgan fingerprint density at radius 3 is 2.84 bits per heavy atom. The van der Waals surface area contributed by atoms with Gasteiger partial charge < -0.3 is 10.5 Å². The van der Waals surface area contributed by atoms with Gasteiger partial charge in [0, 0.05) is 17.8 Å². The topological polar surface area (TPSA) is 71.9 Å². The van der Waals surface area contributed by atoms with Crippen LogP contribution in [0.4, 0.5) is 4.39 Å². The first-order valence-electron chi connectivity index (χ1n) is 5.70. The second-order valence-electron chi connectivity index (χ2n) is 4.01. The van der Waals surface area contributed by atoms with Gasteiger partial charge in [-0.05, 0) is 25.1 Å². The van der Waals surface area contributed by atoms with Crippen molar-refractivity contribution in [2.45, 2.75) is 13.0 Å². The SMILES string of the molecule is C[C@@H](N)c1cccnc1Oc1cccc(F)c1C#N. The normalized spacial score (nSPS) is 11.7. The van der Waals surface area contributed by atoms with Crippen LogP contribution in [-0.2, 0) is 0 Å². The van der Waals surface area contributed by atoms with Crippen LogP contribution in [0.1, 0.15) is 24.1 Å². The van der Waals surface area contributed by atoms with Crippen molar-refractivity contribution in [3.05, 3.63) is 53.5 Å². The summed E-state index contributed by atoms with van der Waals surface area (Å²) in [5, 5.41) is 8.94. The molecule has 1 aromatic heterocycles. The molecule has 5 heteroatoms. The number of nitriles is 1. The minimum Gasteiger partial charge on any atom is -0.437 e. The average Bonchev–Trinajstić information content (AvgIpc) is 2.39. The molecule has 2 N–H and O–H groups in total. The van der Waals surface area contributed by atoms with Gasteiger partial charge in [-0.25, -0.2) is 9.37 Å². The zero-order chi connectivity index (χ0) is 13.8. The number of aromatic nitrogens is 1. The van der Waals surface area contributed by atoms with Crippen molar-refractivity contribution < 1.29 is 9.13 Å². The van der Waals surface area contributed by atoms with Gasteiger partial charge in [0.2, 0.25) is 5.88 Å². The van der Waals surface area contributed by atoms with E-state index in [1.807, 2.05) is 0 Å². The first-order chi connectivity index (χ1) is 9.13. The van der Waals surface area contributed by atoms with Crippen LogP contribution in [0.5, 0.6) is 11.6 Å². The second-order valence-corrected chi connectivity index (χ2v) is 4.01. The molecule has 19 heavy (non-hydrogen) atoms. The molecule has 1 atom stereocenters. The molecule has 0 amide bonds. The molecule has 0 aliphatic rings. The molecule has 0 fully saturated rings. The number of hydrogen-bond acceptors (Lipinski definition) is 4. The minimum atomic E-state index is -0.627. The van der Waals surface area contributed by atoms with E-state index in [0.717, 1.165) is 0 Å². The molecule has 0 radical (unpaired) electrons. The maximum absolute atomic E-state index is 13.5. The maximum Gasteiger partial charge on any atom is 0.224 e. The predicted octanol–water partition coefficient (Wildman–Crippen LogP) is 2.90. The minimum absolute atomic E-state index is 0.128. The number of hydrogen-bond donors (Lipinski definition) is 1. The summed E-state index contributed by atoms with van der Waals surface area (Å²) in [5.74, 6) is -0.221. The summed E-state index contributed by atoms with van der Waals surface area (Å²) in [6.07, 6.45) is 1.55. The van der Waals surface area contributed by atoms with Gasteiger partial charge in [-0.2, -0.15) is 5.26 Å². The standard InChI is InChI=1S/C14H12FN3O/c1-9(17)10-4-3-7-18-14(10)19-13-6-2-5-12(15)11(13)8-16/h2-7,9H,17H2,1H3/t9-/m1/s1. The van der Waals surface area contributed by atoms with E-state index in [2.05, 4.69) is 4.98 Å². The highest BCUT2D eigenvalue weighted by molar-refractivity contribution is 5.46. The van der Waals surface area contributed by atoms with Gasteiger partial charge >= 0.3 is 0 Å². The molecule has 96 valence electrons. The Balaban J connectivity index is 2.43. The van der Waals surface area contributed by atoms with Gasteiger partial charge in [0.25, 0.3) is 0 Å². The van der Waals surface area contributed by atoms with Crippen LogP contribution < -0.4 is 10.5 Å². The molecule has 1 heterocycles. The molecule has 0 unspecified atom stereocenters. The van der Waals surface area contributed by atoms with Crippen molar-refractivity contribution in [1.82, 2.24) is 4.98 Å². The third-order valence-corrected chi connectivity index (χ3v) is 2.58. The van der Waals surface area contributed by atoms with E-state index in [1.54, 1.807) is 31.3 Å². The summed E-state index contributed by atoms with van der Waals surface area (Å²) >= 11 is 0. The van der Waals surface area contributed by atoms with E-state index in [1.165, 1.54) is 18.2 Å². The molecular formula is C14H12FN3O. The lowest BCUT2D eigenvalue weighted by Crippen LogP contribution is -2.07. The number of rotatable bonds is 3. The van der Waals surface area contributed by atoms with Crippen molar-refractivity contribution in [1.29, 1.82) is 5.26 Å². The molecule has 0 bridgehead atoms. The number of pyridine rings is 1. The van der Waals surface area contributed by atoms with E-state index >= 15 is 0 Å². The molecule has 2 aromatic rings. The quantitative estimate of drug-likeness (QED) is 0.917. The van der Waals surface area contributed by atoms with Crippen molar-refractivity contribution in [2.75, 3.05) is 0 Å². The monoisotopic (exact) mass is 257 g/mol. The third-order valence-electron chi connectivity index (χ3n) is 2.58. The van der Waals surface area contributed by atoms with E-state index in [-0.39, 0.29) is 23.2 Å². The van der Waals surface area contributed by atoms with Crippen LogP contribution in [-0.4, -0.2) is 4.98 Å². The van der Waals surface area contributed by atoms with Crippen molar-refractivity contribution in [3.8, 4) is 17.7 Å². The Bertz CT molecular complexity index is 635. The largest absolute Gasteiger partial charge is 0.437 e. The van der Waals surface area contributed by atoms with Crippen LogP contribution in [0.15, 0.2) is 36.5 Å². The Morgan fingerprint density at radius 2 is 2.16 bits per heavy atom. The third kappa shape index (κ3) is 2.69. The first-order valence-corrected chi connectivity index (χ1v) is 5.70. The van der Waals surface area contributed by atoms with Crippen LogP contribution in [0.25, 0.3) is 0 Å². The summed E-state index contributed by atoms with van der Waals surface area (Å²) in [6, 6.07) is 9.21. The lowest BCUT2D eigenvalue weighted by Gasteiger charge is -2.12. The summed E-state index contributed by atoms with van der Waals surface area (Å²) in [6.45, 7) is 1.79. The van der Waals surface area contributed by atoms with Gasteiger partial charge in [-0.3, -0.25) is 0 Å². The van der Waals surface area contributed by atoms with Crippen LogP contribution in [0.2, 0.25) is 0 Å². The second kappa shape index (κ2) is 5.46. The Hall–Kier alpha value is -2.45. The van der Waals surface area contributed by atoms with Gasteiger partial charge in [-0.15, -0.1) is 0 Å². The predicted molar refractivity (Wildman–Crippen MR) is 68.0 cm³/mol. The van der Waals surface area contributed by atoms with Crippen molar-refractivity contribution in [2.24, 2.45) is 5.73 Å². The highest BCUT2D eigenvalue weighted by atomic mass is 19.1. The van der Waals surface area contributed by atoms with Gasteiger partial charge in [0.05, 0.1) is 0 Å². The van der Waals surface area contributed by atoms with Gasteiger partial charge in [0.1, 0.15) is 23.2 Å². The molecule has 0 aliphatic heterocycles. The lowest BCUT2D eigenvalue weighted by atomic mass is 10.1. The fraction of sp³-hybridized carbons (Fsp3) is 0.143. The Labute approximate surface area is 110 Å². The molecule has 0 saturated carbocycles. The fourth-order valence-electron chi connectivity index (χ4n) is 1.64. The summed E-state index contributed by atoms with van der Waals surface area (Å²) in [4.78, 5) is 4.07. The van der Waals surface area contributed by atoms with Crippen molar-refractivity contribution in [3.63, 3.8) is 0 Å². The van der Waals surface area contributed by atoms with Gasteiger partial charge in [0.15, 0.2) is 0 Å². The van der Waals surface area contributed by atoms with Crippen LogP contribution in [0, 0.1) is 17.1 Å². The van der Waals surface area contributed by atoms with Gasteiger partial charge in [-0.1, -0.05) is 12.1 Å². The molecule has 0 aliphatic carbocycles. The highest BCUT2D eigenvalue weighted by Crippen LogP contribution is 2.29. The molecule has 0 saturated heterocycles. The summed E-state index contributed by atoms with van der Waals surface area (Å²) in [7, 11) is 0.